The van der Waals surface area contributed by atoms with Gasteiger partial charge in [-0.05, 0) is 6.07 Å². The molecule has 0 radical (unpaired) electrons. The van der Waals surface area contributed by atoms with Gasteiger partial charge in [-0.2, -0.15) is 52.7 Å². The van der Waals surface area contributed by atoms with Gasteiger partial charge in [-0.3, -0.25) is 0 Å². The molecule has 0 atom stereocenters. The van der Waals surface area contributed by atoms with Gasteiger partial charge in [0, 0.05) is 0 Å². The Bertz CT molecular complexity index is 550. The van der Waals surface area contributed by atoms with Crippen molar-refractivity contribution in [2.24, 2.45) is 0 Å². The number of hydrogen-bond donors (Lipinski definition) is 1. The summed E-state index contributed by atoms with van der Waals surface area (Å²) in [4.78, 5) is 0. The van der Waals surface area contributed by atoms with Crippen LogP contribution in [0.15, 0.2) is 6.07 Å². The number of phenolic OH excluding ortho intramolecular Hbond substituents is 1. The molecule has 0 bridgehead atoms. The third kappa shape index (κ3) is 3.75. The minimum atomic E-state index is -6.18. The van der Waals surface area contributed by atoms with Crippen molar-refractivity contribution in [2.75, 3.05) is 0 Å². The number of benzene rings is 1. The molecule has 0 saturated carbocycles. The van der Waals surface area contributed by atoms with Crippen molar-refractivity contribution in [3.8, 4) is 5.75 Å². The van der Waals surface area contributed by atoms with Crippen LogP contribution in [-0.4, -0.2) is 5.11 Å². The minimum Gasteiger partial charge on any atom is -0.507 e. The summed E-state index contributed by atoms with van der Waals surface area (Å²) < 4.78 is 150. The summed E-state index contributed by atoms with van der Waals surface area (Å²) in [5, 5.41) is 8.91. The highest BCUT2D eigenvalue weighted by Crippen LogP contribution is 2.53. The number of aromatic hydroxyl groups is 1. The molecular formula is C10H2F12O. The molecule has 0 unspecified atom stereocenters. The summed E-state index contributed by atoms with van der Waals surface area (Å²) >= 11 is 0. The molecule has 1 N–H and O–H groups in total. The first-order valence-electron chi connectivity index (χ1n) is 5.07. The van der Waals surface area contributed by atoms with Crippen LogP contribution in [0.2, 0.25) is 0 Å². The van der Waals surface area contributed by atoms with Crippen molar-refractivity contribution in [2.45, 2.75) is 24.7 Å². The van der Waals surface area contributed by atoms with E-state index < -0.39 is 58.8 Å². The van der Waals surface area contributed by atoms with E-state index in [0.29, 0.717) is 0 Å². The molecular weight excluding hydrogens is 364 g/mol. The zero-order valence-corrected chi connectivity index (χ0v) is 10.1. The van der Waals surface area contributed by atoms with Crippen molar-refractivity contribution in [1.82, 2.24) is 0 Å². The zero-order chi connectivity index (χ0) is 18.6. The molecule has 0 aliphatic heterocycles. The van der Waals surface area contributed by atoms with E-state index in [1.807, 2.05) is 0 Å². The first kappa shape index (κ1) is 19.2. The Kier molecular flexibility index (Phi) is 4.26. The number of halogens is 12. The predicted molar refractivity (Wildman–Crippen MR) is 48.1 cm³/mol. The van der Waals surface area contributed by atoms with Crippen molar-refractivity contribution < 1.29 is 57.8 Å². The molecule has 1 rings (SSSR count). The molecule has 0 amide bonds. The topological polar surface area (TPSA) is 20.2 Å². The maximum Gasteiger partial charge on any atom is 0.420 e. The van der Waals surface area contributed by atoms with Crippen LogP contribution >= 0.6 is 0 Å². The van der Waals surface area contributed by atoms with Crippen LogP contribution in [-0.2, 0) is 24.7 Å². The van der Waals surface area contributed by atoms with E-state index in [1.54, 1.807) is 0 Å². The van der Waals surface area contributed by atoms with Gasteiger partial charge in [-0.15, -0.1) is 0 Å². The lowest BCUT2D eigenvalue weighted by atomic mass is 9.95. The van der Waals surface area contributed by atoms with E-state index in [0.717, 1.165) is 0 Å². The lowest BCUT2D eigenvalue weighted by molar-refractivity contribution is -0.172. The smallest absolute Gasteiger partial charge is 0.420 e. The zero-order valence-electron chi connectivity index (χ0n) is 10.1. The first-order chi connectivity index (χ1) is 9.88. The van der Waals surface area contributed by atoms with Crippen molar-refractivity contribution in [1.29, 1.82) is 0 Å². The summed E-state index contributed by atoms with van der Waals surface area (Å²) in [5.41, 5.74) is -12.7. The standard InChI is InChI=1S/C10H2F12O/c11-7(12,13)2-1-3(8(14,15)16)5(10(20,21)22)6(23)4(2)9(17,18)19/h1,23H. The third-order valence-corrected chi connectivity index (χ3v) is 2.48. The molecule has 1 nitrogen and oxygen atoms in total. The van der Waals surface area contributed by atoms with Crippen LogP contribution in [0, 0.1) is 0 Å². The molecule has 23 heavy (non-hydrogen) atoms. The van der Waals surface area contributed by atoms with E-state index in [9.17, 15) is 52.7 Å². The lowest BCUT2D eigenvalue weighted by Gasteiger charge is -2.23. The lowest BCUT2D eigenvalue weighted by Crippen LogP contribution is -2.24. The summed E-state index contributed by atoms with van der Waals surface area (Å²) in [7, 11) is 0. The van der Waals surface area contributed by atoms with E-state index >= 15 is 0 Å². The van der Waals surface area contributed by atoms with Gasteiger partial charge in [0.05, 0.1) is 11.1 Å². The molecule has 0 aliphatic carbocycles. The third-order valence-electron chi connectivity index (χ3n) is 2.48. The Morgan fingerprint density at radius 3 is 0.957 bits per heavy atom. The number of alkyl halides is 12. The maximum atomic E-state index is 12.5. The normalized spacial score (nSPS) is 14.3. The second-order valence-electron chi connectivity index (χ2n) is 4.06. The van der Waals surface area contributed by atoms with Gasteiger partial charge < -0.3 is 5.11 Å². The highest BCUT2D eigenvalue weighted by molar-refractivity contribution is 5.54. The van der Waals surface area contributed by atoms with E-state index in [2.05, 4.69) is 0 Å². The number of rotatable bonds is 0. The highest BCUT2D eigenvalue weighted by atomic mass is 19.4. The van der Waals surface area contributed by atoms with Gasteiger partial charge in [-0.25, -0.2) is 0 Å². The van der Waals surface area contributed by atoms with Gasteiger partial charge >= 0.3 is 24.7 Å². The molecule has 0 heterocycles. The fourth-order valence-corrected chi connectivity index (χ4v) is 1.69. The second kappa shape index (κ2) is 5.09. The van der Waals surface area contributed by atoms with E-state index in [4.69, 9.17) is 5.11 Å². The Morgan fingerprint density at radius 1 is 0.522 bits per heavy atom. The molecule has 132 valence electrons. The van der Waals surface area contributed by atoms with Crippen molar-refractivity contribution in [3.05, 3.63) is 28.3 Å². The minimum absolute atomic E-state index is 1.33. The molecule has 0 aromatic heterocycles. The molecule has 1 aromatic carbocycles. The van der Waals surface area contributed by atoms with Gasteiger partial charge in [0.2, 0.25) is 0 Å². The quantitative estimate of drug-likeness (QED) is 0.604. The monoisotopic (exact) mass is 366 g/mol. The molecule has 0 aliphatic rings. The number of hydrogen-bond acceptors (Lipinski definition) is 1. The molecule has 0 fully saturated rings. The second-order valence-corrected chi connectivity index (χ2v) is 4.06. The predicted octanol–water partition coefficient (Wildman–Crippen LogP) is 5.47. The van der Waals surface area contributed by atoms with E-state index in [-0.39, 0.29) is 0 Å². The van der Waals surface area contributed by atoms with Gasteiger partial charge in [0.15, 0.2) is 0 Å². The SMILES string of the molecule is Oc1c(C(F)(F)F)c(C(F)(F)F)cc(C(F)(F)F)c1C(F)(F)F. The van der Waals surface area contributed by atoms with Crippen LogP contribution in [0.25, 0.3) is 0 Å². The Morgan fingerprint density at radius 2 is 0.783 bits per heavy atom. The summed E-state index contributed by atoms with van der Waals surface area (Å²) in [6.07, 6.45) is -24.5. The maximum absolute atomic E-state index is 12.5. The van der Waals surface area contributed by atoms with Crippen LogP contribution in [0.4, 0.5) is 52.7 Å². The van der Waals surface area contributed by atoms with Crippen LogP contribution in [0.1, 0.15) is 22.3 Å². The van der Waals surface area contributed by atoms with Crippen LogP contribution in [0.3, 0.4) is 0 Å². The molecule has 0 saturated heterocycles. The van der Waals surface area contributed by atoms with Gasteiger partial charge in [-0.1, -0.05) is 0 Å². The van der Waals surface area contributed by atoms with E-state index in [1.165, 1.54) is 0 Å². The van der Waals surface area contributed by atoms with Crippen molar-refractivity contribution in [3.63, 3.8) is 0 Å². The van der Waals surface area contributed by atoms with Crippen LogP contribution in [0.5, 0.6) is 5.75 Å². The average Bonchev–Trinajstić information content (AvgIpc) is 2.20. The summed E-state index contributed by atoms with van der Waals surface area (Å²) in [5.74, 6) is -3.19. The summed E-state index contributed by atoms with van der Waals surface area (Å²) in [6, 6.07) is -1.33. The Labute approximate surface area is 118 Å². The fraction of sp³-hybridized carbons (Fsp3) is 0.400. The van der Waals surface area contributed by atoms with Crippen LogP contribution < -0.4 is 0 Å². The van der Waals surface area contributed by atoms with Gasteiger partial charge in [0.25, 0.3) is 0 Å². The Balaban J connectivity index is 4.09. The molecule has 1 aromatic rings. The fourth-order valence-electron chi connectivity index (χ4n) is 1.69. The largest absolute Gasteiger partial charge is 0.507 e. The first-order valence-corrected chi connectivity index (χ1v) is 5.07. The number of phenols is 1. The van der Waals surface area contributed by atoms with Gasteiger partial charge in [0.1, 0.15) is 16.9 Å². The highest BCUT2D eigenvalue weighted by Gasteiger charge is 2.53. The molecule has 0 spiro atoms. The average molecular weight is 366 g/mol. The van der Waals surface area contributed by atoms with Crippen molar-refractivity contribution >= 4 is 0 Å². The summed E-state index contributed by atoms with van der Waals surface area (Å²) in [6.45, 7) is 0. The Hall–Kier alpha value is -1.82. The molecule has 13 heteroatoms.